The minimum atomic E-state index is -3.10. The average molecular weight is 319 g/mol. The van der Waals surface area contributed by atoms with Gasteiger partial charge in [-0.05, 0) is 25.5 Å². The third-order valence-corrected chi connectivity index (χ3v) is 5.83. The maximum Gasteiger partial charge on any atom is 0.274 e. The number of nitrogens with two attached hydrogens (primary N) is 1. The van der Waals surface area contributed by atoms with E-state index in [1.54, 1.807) is 12.1 Å². The Morgan fingerprint density at radius 1 is 1.45 bits per heavy atom. The number of benzene rings is 1. The van der Waals surface area contributed by atoms with Crippen LogP contribution in [-0.2, 0) is 16.3 Å². The van der Waals surface area contributed by atoms with Crippen molar-refractivity contribution in [1.29, 1.82) is 0 Å². The molecule has 1 unspecified atom stereocenters. The summed E-state index contributed by atoms with van der Waals surface area (Å²) in [5, 5.41) is 11.3. The highest BCUT2D eigenvalue weighted by Gasteiger charge is 2.42. The molecule has 1 aromatic carbocycles. The van der Waals surface area contributed by atoms with Crippen LogP contribution >= 0.6 is 11.6 Å². The lowest BCUT2D eigenvalue weighted by molar-refractivity contribution is -0.385. The predicted octanol–water partition coefficient (Wildman–Crippen LogP) is 1.55. The summed E-state index contributed by atoms with van der Waals surface area (Å²) < 4.78 is 23.3. The quantitative estimate of drug-likeness (QED) is 0.670. The maximum atomic E-state index is 11.7. The molecule has 110 valence electrons. The van der Waals surface area contributed by atoms with Gasteiger partial charge in [-0.15, -0.1) is 0 Å². The SMILES string of the molecule is NCC1(Cc2ccc(Cl)cc2[N+](=O)[O-])CCS(=O)(=O)C1. The Morgan fingerprint density at radius 3 is 2.65 bits per heavy atom. The lowest BCUT2D eigenvalue weighted by Crippen LogP contribution is -2.34. The molecule has 1 saturated heterocycles. The van der Waals surface area contributed by atoms with Crippen molar-refractivity contribution in [3.63, 3.8) is 0 Å². The smallest absolute Gasteiger partial charge is 0.274 e. The molecule has 1 fully saturated rings. The van der Waals surface area contributed by atoms with Crippen molar-refractivity contribution in [3.05, 3.63) is 38.9 Å². The van der Waals surface area contributed by atoms with Crippen LogP contribution in [0.4, 0.5) is 5.69 Å². The van der Waals surface area contributed by atoms with Crippen LogP contribution in [0.1, 0.15) is 12.0 Å². The predicted molar refractivity (Wildman–Crippen MR) is 76.6 cm³/mol. The van der Waals surface area contributed by atoms with Crippen LogP contribution in [0, 0.1) is 15.5 Å². The fourth-order valence-electron chi connectivity index (χ4n) is 2.62. The van der Waals surface area contributed by atoms with Crippen molar-refractivity contribution in [3.8, 4) is 0 Å². The molecular weight excluding hydrogens is 304 g/mol. The molecule has 1 aliphatic rings. The molecule has 0 bridgehead atoms. The van der Waals surface area contributed by atoms with Crippen LogP contribution in [0.5, 0.6) is 0 Å². The second kappa shape index (κ2) is 5.31. The molecular formula is C12H15ClN2O4S. The van der Waals surface area contributed by atoms with Crippen molar-refractivity contribution in [2.45, 2.75) is 12.8 Å². The second-order valence-corrected chi connectivity index (χ2v) is 7.87. The molecule has 1 aliphatic heterocycles. The highest BCUT2D eigenvalue weighted by Crippen LogP contribution is 2.37. The third kappa shape index (κ3) is 3.11. The number of hydrogen-bond donors (Lipinski definition) is 1. The zero-order valence-corrected chi connectivity index (χ0v) is 12.3. The van der Waals surface area contributed by atoms with Crippen LogP contribution in [0.3, 0.4) is 0 Å². The molecule has 8 heteroatoms. The van der Waals surface area contributed by atoms with Gasteiger partial charge in [0, 0.05) is 22.1 Å². The van der Waals surface area contributed by atoms with Crippen LogP contribution in [-0.4, -0.2) is 31.4 Å². The molecule has 0 radical (unpaired) electrons. The summed E-state index contributed by atoms with van der Waals surface area (Å²) in [6, 6.07) is 4.42. The summed E-state index contributed by atoms with van der Waals surface area (Å²) in [6.45, 7) is 0.187. The molecule has 20 heavy (non-hydrogen) atoms. The summed E-state index contributed by atoms with van der Waals surface area (Å²) in [5.74, 6) is 0.0713. The van der Waals surface area contributed by atoms with E-state index < -0.39 is 20.2 Å². The summed E-state index contributed by atoms with van der Waals surface area (Å²) >= 11 is 5.77. The molecule has 0 amide bonds. The average Bonchev–Trinajstić information content (AvgIpc) is 2.68. The summed E-state index contributed by atoms with van der Waals surface area (Å²) in [4.78, 5) is 10.6. The van der Waals surface area contributed by atoms with Gasteiger partial charge in [-0.1, -0.05) is 17.7 Å². The van der Waals surface area contributed by atoms with Crippen LogP contribution in [0.15, 0.2) is 18.2 Å². The fourth-order valence-corrected chi connectivity index (χ4v) is 4.97. The monoisotopic (exact) mass is 318 g/mol. The first-order valence-electron chi connectivity index (χ1n) is 6.10. The minimum absolute atomic E-state index is 0.0176. The van der Waals surface area contributed by atoms with E-state index in [1.807, 2.05) is 0 Å². The Bertz CT molecular complexity index is 647. The number of nitro benzene ring substituents is 1. The van der Waals surface area contributed by atoms with E-state index in [4.69, 9.17) is 17.3 Å². The summed E-state index contributed by atoms with van der Waals surface area (Å²) in [6.07, 6.45) is 0.710. The van der Waals surface area contributed by atoms with Crippen molar-refractivity contribution in [2.24, 2.45) is 11.1 Å². The molecule has 0 spiro atoms. The topological polar surface area (TPSA) is 103 Å². The van der Waals surface area contributed by atoms with Gasteiger partial charge >= 0.3 is 0 Å². The standard InChI is InChI=1S/C12H15ClN2O4S/c13-10-2-1-9(11(5-10)15(16)17)6-12(7-14)3-4-20(18,19)8-12/h1-2,5H,3-4,6-8,14H2. The van der Waals surface area contributed by atoms with Crippen molar-refractivity contribution in [1.82, 2.24) is 0 Å². The number of nitrogens with zero attached hydrogens (tertiary/aromatic N) is 1. The molecule has 1 heterocycles. The van der Waals surface area contributed by atoms with Gasteiger partial charge in [-0.25, -0.2) is 8.42 Å². The fraction of sp³-hybridized carbons (Fsp3) is 0.500. The first-order valence-corrected chi connectivity index (χ1v) is 8.30. The van der Waals surface area contributed by atoms with Gasteiger partial charge < -0.3 is 5.73 Å². The van der Waals surface area contributed by atoms with E-state index in [0.29, 0.717) is 12.0 Å². The number of sulfone groups is 1. The van der Waals surface area contributed by atoms with Gasteiger partial charge in [0.1, 0.15) is 0 Å². The Morgan fingerprint density at radius 2 is 2.15 bits per heavy atom. The normalized spacial score (nSPS) is 24.7. The number of hydrogen-bond acceptors (Lipinski definition) is 5. The number of rotatable bonds is 4. The highest BCUT2D eigenvalue weighted by atomic mass is 35.5. The number of halogens is 1. The minimum Gasteiger partial charge on any atom is -0.330 e. The molecule has 6 nitrogen and oxygen atoms in total. The van der Waals surface area contributed by atoms with Gasteiger partial charge in [0.2, 0.25) is 0 Å². The molecule has 1 aromatic rings. The molecule has 2 rings (SSSR count). The first-order chi connectivity index (χ1) is 9.27. The van der Waals surface area contributed by atoms with E-state index >= 15 is 0 Å². The Kier molecular flexibility index (Phi) is 4.04. The van der Waals surface area contributed by atoms with Crippen molar-refractivity contribution >= 4 is 27.1 Å². The first kappa shape index (κ1) is 15.2. The van der Waals surface area contributed by atoms with Crippen LogP contribution < -0.4 is 5.73 Å². The zero-order chi connectivity index (χ0) is 15.0. The number of nitro groups is 1. The van der Waals surface area contributed by atoms with E-state index in [0.717, 1.165) is 0 Å². The summed E-state index contributed by atoms with van der Waals surface area (Å²) in [5.41, 5.74) is 5.51. The largest absolute Gasteiger partial charge is 0.330 e. The van der Waals surface area contributed by atoms with E-state index in [-0.39, 0.29) is 35.2 Å². The lowest BCUT2D eigenvalue weighted by atomic mass is 9.81. The Balaban J connectivity index is 2.36. The Hall–Kier alpha value is -1.18. The third-order valence-electron chi connectivity index (χ3n) is 3.71. The lowest BCUT2D eigenvalue weighted by Gasteiger charge is -2.25. The zero-order valence-electron chi connectivity index (χ0n) is 10.7. The van der Waals surface area contributed by atoms with E-state index in [2.05, 4.69) is 0 Å². The van der Waals surface area contributed by atoms with E-state index in [9.17, 15) is 18.5 Å². The van der Waals surface area contributed by atoms with Crippen molar-refractivity contribution in [2.75, 3.05) is 18.1 Å². The molecule has 0 aliphatic carbocycles. The maximum absolute atomic E-state index is 11.7. The molecule has 2 N–H and O–H groups in total. The van der Waals surface area contributed by atoms with E-state index in [1.165, 1.54) is 6.07 Å². The highest BCUT2D eigenvalue weighted by molar-refractivity contribution is 7.91. The summed E-state index contributed by atoms with van der Waals surface area (Å²) in [7, 11) is -3.10. The second-order valence-electron chi connectivity index (χ2n) is 5.25. The van der Waals surface area contributed by atoms with Gasteiger partial charge in [0.25, 0.3) is 5.69 Å². The van der Waals surface area contributed by atoms with Crippen LogP contribution in [0.2, 0.25) is 5.02 Å². The molecule has 0 saturated carbocycles. The van der Waals surface area contributed by atoms with Gasteiger partial charge in [0.05, 0.1) is 16.4 Å². The van der Waals surface area contributed by atoms with Gasteiger partial charge in [0.15, 0.2) is 9.84 Å². The van der Waals surface area contributed by atoms with Crippen LogP contribution in [0.25, 0.3) is 0 Å². The molecule has 0 aromatic heterocycles. The van der Waals surface area contributed by atoms with Gasteiger partial charge in [-0.2, -0.15) is 0 Å². The van der Waals surface area contributed by atoms with Crippen molar-refractivity contribution < 1.29 is 13.3 Å². The molecule has 1 atom stereocenters. The Labute approximate surface area is 122 Å². The van der Waals surface area contributed by atoms with Gasteiger partial charge in [-0.3, -0.25) is 10.1 Å².